The molecule has 1 N–H and O–H groups in total. The number of hydrazone groups is 1. The Kier molecular flexibility index (Phi) is 5.85. The molecule has 0 spiro atoms. The standard InChI is InChI=1S/C18H17BrN4O3/c1-2-25-15-5-3-13(4-6-15)9-20-22-18(24)17-8-7-16(26-17)12-23-11-14(19)10-21-23/h3-11H,2,12H2,1H3,(H,22,24)/b20-9-. The molecule has 0 unspecified atom stereocenters. The second-order valence-corrected chi connectivity index (χ2v) is 6.24. The van der Waals surface area contributed by atoms with Crippen LogP contribution in [0.1, 0.15) is 28.8 Å². The summed E-state index contributed by atoms with van der Waals surface area (Å²) >= 11 is 3.33. The SMILES string of the molecule is CCOc1ccc(/C=N\NC(=O)c2ccc(Cn3cc(Br)cn3)o2)cc1. The van der Waals surface area contributed by atoms with Crippen LogP contribution in [0.3, 0.4) is 0 Å². The van der Waals surface area contributed by atoms with Crippen molar-refractivity contribution in [1.29, 1.82) is 0 Å². The Labute approximate surface area is 158 Å². The number of nitrogens with one attached hydrogen (secondary N) is 1. The number of hydrogen-bond donors (Lipinski definition) is 1. The molecule has 0 aliphatic rings. The summed E-state index contributed by atoms with van der Waals surface area (Å²) in [5.74, 6) is 1.19. The second-order valence-electron chi connectivity index (χ2n) is 5.32. The molecule has 1 amide bonds. The lowest BCUT2D eigenvalue weighted by atomic mass is 10.2. The Morgan fingerprint density at radius 1 is 1.35 bits per heavy atom. The molecule has 1 aromatic carbocycles. The van der Waals surface area contributed by atoms with Crippen LogP contribution in [-0.4, -0.2) is 28.5 Å². The lowest BCUT2D eigenvalue weighted by molar-refractivity contribution is 0.0925. The van der Waals surface area contributed by atoms with E-state index in [4.69, 9.17) is 9.15 Å². The maximum Gasteiger partial charge on any atom is 0.307 e. The summed E-state index contributed by atoms with van der Waals surface area (Å²) in [6, 6.07) is 10.7. The number of ether oxygens (including phenoxy) is 1. The minimum Gasteiger partial charge on any atom is -0.494 e. The lowest BCUT2D eigenvalue weighted by Gasteiger charge is -2.02. The Hall–Kier alpha value is -2.87. The van der Waals surface area contributed by atoms with E-state index < -0.39 is 5.91 Å². The molecular formula is C18H17BrN4O3. The third kappa shape index (κ3) is 4.82. The van der Waals surface area contributed by atoms with Gasteiger partial charge in [0.25, 0.3) is 0 Å². The zero-order chi connectivity index (χ0) is 18.4. The van der Waals surface area contributed by atoms with Crippen molar-refractivity contribution in [3.63, 3.8) is 0 Å². The van der Waals surface area contributed by atoms with Gasteiger partial charge in [0.2, 0.25) is 0 Å². The zero-order valence-electron chi connectivity index (χ0n) is 14.1. The maximum atomic E-state index is 12.1. The van der Waals surface area contributed by atoms with Crippen molar-refractivity contribution in [1.82, 2.24) is 15.2 Å². The number of nitrogens with zero attached hydrogens (tertiary/aromatic N) is 3. The molecule has 8 heteroatoms. The minimum absolute atomic E-state index is 0.190. The molecule has 0 atom stereocenters. The number of halogens is 1. The van der Waals surface area contributed by atoms with Crippen LogP contribution in [0.5, 0.6) is 5.75 Å². The normalized spacial score (nSPS) is 11.0. The fourth-order valence-electron chi connectivity index (χ4n) is 2.21. The van der Waals surface area contributed by atoms with Crippen molar-refractivity contribution < 1.29 is 13.9 Å². The lowest BCUT2D eigenvalue weighted by Crippen LogP contribution is -2.16. The first kappa shape index (κ1) is 17.9. The fourth-order valence-corrected chi connectivity index (χ4v) is 2.53. The van der Waals surface area contributed by atoms with E-state index in [0.717, 1.165) is 15.8 Å². The number of rotatable bonds is 7. The fraction of sp³-hybridized carbons (Fsp3) is 0.167. The first-order chi connectivity index (χ1) is 12.6. The summed E-state index contributed by atoms with van der Waals surface area (Å²) in [7, 11) is 0. The molecule has 0 bridgehead atoms. The van der Waals surface area contributed by atoms with Crippen LogP contribution in [0.2, 0.25) is 0 Å². The van der Waals surface area contributed by atoms with Crippen molar-refractivity contribution in [2.45, 2.75) is 13.5 Å². The molecule has 0 aliphatic carbocycles. The van der Waals surface area contributed by atoms with E-state index in [1.54, 1.807) is 29.2 Å². The quantitative estimate of drug-likeness (QED) is 0.472. The molecule has 0 fully saturated rings. The highest BCUT2D eigenvalue weighted by Gasteiger charge is 2.11. The number of hydrogen-bond acceptors (Lipinski definition) is 5. The molecule has 0 radical (unpaired) electrons. The average molecular weight is 417 g/mol. The highest BCUT2D eigenvalue weighted by Crippen LogP contribution is 2.12. The summed E-state index contributed by atoms with van der Waals surface area (Å²) in [6.45, 7) is 2.99. The largest absolute Gasteiger partial charge is 0.494 e. The van der Waals surface area contributed by atoms with Crippen LogP contribution in [0, 0.1) is 0 Å². The second kappa shape index (κ2) is 8.48. The van der Waals surface area contributed by atoms with E-state index in [-0.39, 0.29) is 5.76 Å². The van der Waals surface area contributed by atoms with Gasteiger partial charge in [-0.15, -0.1) is 0 Å². The van der Waals surface area contributed by atoms with Gasteiger partial charge in [-0.25, -0.2) is 5.43 Å². The monoisotopic (exact) mass is 416 g/mol. The molecular weight excluding hydrogens is 400 g/mol. The molecule has 3 rings (SSSR count). The van der Waals surface area contributed by atoms with Gasteiger partial charge in [0.05, 0.1) is 30.0 Å². The number of carbonyl (C=O) groups excluding carboxylic acids is 1. The third-order valence-corrected chi connectivity index (χ3v) is 3.79. The van der Waals surface area contributed by atoms with E-state index in [1.165, 1.54) is 0 Å². The number of benzene rings is 1. The van der Waals surface area contributed by atoms with E-state index in [9.17, 15) is 4.79 Å². The topological polar surface area (TPSA) is 81.6 Å². The molecule has 2 heterocycles. The number of furan rings is 1. The molecule has 134 valence electrons. The summed E-state index contributed by atoms with van der Waals surface area (Å²) in [5, 5.41) is 8.08. The summed E-state index contributed by atoms with van der Waals surface area (Å²) in [5.41, 5.74) is 3.29. The highest BCUT2D eigenvalue weighted by molar-refractivity contribution is 9.10. The van der Waals surface area contributed by atoms with Gasteiger partial charge in [0, 0.05) is 6.20 Å². The van der Waals surface area contributed by atoms with Crippen molar-refractivity contribution >= 4 is 28.1 Å². The Bertz CT molecular complexity index is 899. The first-order valence-corrected chi connectivity index (χ1v) is 8.76. The van der Waals surface area contributed by atoms with Gasteiger partial charge in [-0.05, 0) is 64.8 Å². The Morgan fingerprint density at radius 3 is 2.85 bits per heavy atom. The van der Waals surface area contributed by atoms with Crippen LogP contribution in [-0.2, 0) is 6.54 Å². The van der Waals surface area contributed by atoms with Crippen LogP contribution >= 0.6 is 15.9 Å². The van der Waals surface area contributed by atoms with Gasteiger partial charge >= 0.3 is 5.91 Å². The van der Waals surface area contributed by atoms with E-state index in [1.807, 2.05) is 37.4 Å². The van der Waals surface area contributed by atoms with Gasteiger partial charge < -0.3 is 9.15 Å². The average Bonchev–Trinajstić information content (AvgIpc) is 3.26. The van der Waals surface area contributed by atoms with Crippen LogP contribution in [0.25, 0.3) is 0 Å². The van der Waals surface area contributed by atoms with Gasteiger partial charge in [0.1, 0.15) is 11.5 Å². The Balaban J connectivity index is 1.54. The highest BCUT2D eigenvalue weighted by atomic mass is 79.9. The zero-order valence-corrected chi connectivity index (χ0v) is 15.6. The maximum absolute atomic E-state index is 12.1. The summed E-state index contributed by atoms with van der Waals surface area (Å²) in [4.78, 5) is 12.1. The number of amides is 1. The molecule has 7 nitrogen and oxygen atoms in total. The van der Waals surface area contributed by atoms with E-state index in [0.29, 0.717) is 18.9 Å². The molecule has 0 saturated heterocycles. The molecule has 26 heavy (non-hydrogen) atoms. The predicted octanol–water partition coefficient (Wildman–Crippen LogP) is 3.45. The minimum atomic E-state index is -0.417. The molecule has 3 aromatic rings. The first-order valence-electron chi connectivity index (χ1n) is 7.97. The van der Waals surface area contributed by atoms with Crippen molar-refractivity contribution in [2.24, 2.45) is 5.10 Å². The van der Waals surface area contributed by atoms with Gasteiger partial charge in [-0.2, -0.15) is 10.2 Å². The van der Waals surface area contributed by atoms with Gasteiger partial charge in [-0.3, -0.25) is 9.48 Å². The van der Waals surface area contributed by atoms with Crippen molar-refractivity contribution in [3.05, 3.63) is 70.3 Å². The summed E-state index contributed by atoms with van der Waals surface area (Å²) < 4.78 is 13.5. The van der Waals surface area contributed by atoms with Crippen molar-refractivity contribution in [3.8, 4) is 5.75 Å². The Morgan fingerprint density at radius 2 is 2.15 bits per heavy atom. The van der Waals surface area contributed by atoms with E-state index in [2.05, 4.69) is 31.6 Å². The smallest absolute Gasteiger partial charge is 0.307 e. The molecule has 0 saturated carbocycles. The summed E-state index contributed by atoms with van der Waals surface area (Å²) in [6.07, 6.45) is 5.06. The molecule has 0 aliphatic heterocycles. The number of aromatic nitrogens is 2. The van der Waals surface area contributed by atoms with Crippen LogP contribution in [0.4, 0.5) is 0 Å². The molecule has 2 aromatic heterocycles. The number of carbonyl (C=O) groups is 1. The predicted molar refractivity (Wildman–Crippen MR) is 100 cm³/mol. The van der Waals surface area contributed by atoms with Crippen molar-refractivity contribution in [2.75, 3.05) is 6.61 Å². The van der Waals surface area contributed by atoms with Crippen LogP contribution in [0.15, 0.2) is 62.8 Å². The van der Waals surface area contributed by atoms with Gasteiger partial charge in [0.15, 0.2) is 5.76 Å². The third-order valence-electron chi connectivity index (χ3n) is 3.38. The van der Waals surface area contributed by atoms with E-state index >= 15 is 0 Å². The van der Waals surface area contributed by atoms with Gasteiger partial charge in [-0.1, -0.05) is 0 Å². The van der Waals surface area contributed by atoms with Crippen LogP contribution < -0.4 is 10.2 Å².